The summed E-state index contributed by atoms with van der Waals surface area (Å²) in [5.74, 6) is 1.37. The summed E-state index contributed by atoms with van der Waals surface area (Å²) in [7, 11) is 3.85. The number of nitrogens with zero attached hydrogens (tertiary/aromatic N) is 3. The van der Waals surface area contributed by atoms with E-state index in [1.54, 1.807) is 0 Å². The van der Waals surface area contributed by atoms with Crippen LogP contribution in [0, 0.1) is 40.4 Å². The standard InChI is InChI=1S/C25H38N4O3/c1-14(2)20(28(3)4)23(31)32-25-10-15-5-16(11-25)9-24(8-15,13-25)21(27)22(30)29-18(12-26)6-17-7-19(17)29/h14-21H,5-11,13,27H2,1-4H3/t15-,16?,17?,18-,19?,20?,21+,24?,25?/m0/s1. The molecule has 0 radical (unpaired) electrons. The lowest BCUT2D eigenvalue weighted by Crippen LogP contribution is -2.66. The van der Waals surface area contributed by atoms with Crippen molar-refractivity contribution in [3.05, 3.63) is 0 Å². The molecule has 1 heterocycles. The number of ether oxygens (including phenoxy) is 1. The zero-order valence-corrected chi connectivity index (χ0v) is 19.9. The monoisotopic (exact) mass is 442 g/mol. The summed E-state index contributed by atoms with van der Waals surface area (Å²) >= 11 is 0. The summed E-state index contributed by atoms with van der Waals surface area (Å²) in [6.07, 6.45) is 7.31. The average molecular weight is 443 g/mol. The summed E-state index contributed by atoms with van der Waals surface area (Å²) in [6.45, 7) is 4.10. The number of carbonyl (C=O) groups is 2. The van der Waals surface area contributed by atoms with Crippen LogP contribution in [0.4, 0.5) is 0 Å². The minimum absolute atomic E-state index is 0.0432. The lowest BCUT2D eigenvalue weighted by Gasteiger charge is -2.62. The van der Waals surface area contributed by atoms with Crippen LogP contribution >= 0.6 is 0 Å². The SMILES string of the molecule is CC(C)C(C(=O)OC12CC3C[C@H](C1)CC([C@H](N)C(=O)N1C4CC4C[C@H]1C#N)(C3)C2)N(C)C. The molecule has 5 saturated carbocycles. The molecule has 2 N–H and O–H groups in total. The summed E-state index contributed by atoms with van der Waals surface area (Å²) in [5.41, 5.74) is 5.97. The van der Waals surface area contributed by atoms with Gasteiger partial charge in [0.25, 0.3) is 0 Å². The molecule has 6 unspecified atom stereocenters. The van der Waals surface area contributed by atoms with Crippen LogP contribution in [0.5, 0.6) is 0 Å². The maximum atomic E-state index is 13.6. The molecule has 1 saturated heterocycles. The first-order valence-electron chi connectivity index (χ1n) is 12.4. The number of nitriles is 1. The molecule has 176 valence electrons. The molecule has 1 aliphatic heterocycles. The summed E-state index contributed by atoms with van der Waals surface area (Å²) < 4.78 is 6.37. The molecule has 7 nitrogen and oxygen atoms in total. The Morgan fingerprint density at radius 2 is 1.78 bits per heavy atom. The second-order valence-corrected chi connectivity index (χ2v) is 12.2. The van der Waals surface area contributed by atoms with Gasteiger partial charge in [-0.2, -0.15) is 5.26 Å². The number of carbonyl (C=O) groups excluding carboxylic acids is 2. The Morgan fingerprint density at radius 3 is 2.34 bits per heavy atom. The van der Waals surface area contributed by atoms with Crippen molar-refractivity contribution in [1.29, 1.82) is 5.26 Å². The van der Waals surface area contributed by atoms with Gasteiger partial charge in [0.2, 0.25) is 5.91 Å². The van der Waals surface area contributed by atoms with E-state index in [4.69, 9.17) is 10.5 Å². The van der Waals surface area contributed by atoms with Gasteiger partial charge in [-0.15, -0.1) is 0 Å². The number of nitrogens with two attached hydrogens (primary N) is 1. The van der Waals surface area contributed by atoms with E-state index < -0.39 is 11.6 Å². The first-order valence-corrected chi connectivity index (χ1v) is 12.4. The molecule has 4 bridgehead atoms. The highest BCUT2D eigenvalue weighted by atomic mass is 16.6. The zero-order chi connectivity index (χ0) is 23.0. The first-order chi connectivity index (χ1) is 15.1. The molecule has 5 aliphatic carbocycles. The molecule has 6 rings (SSSR count). The third-order valence-electron chi connectivity index (χ3n) is 9.23. The average Bonchev–Trinajstić information content (AvgIpc) is 3.34. The Labute approximate surface area is 191 Å². The fourth-order valence-corrected chi connectivity index (χ4v) is 8.40. The molecule has 1 amide bonds. The number of rotatable bonds is 6. The van der Waals surface area contributed by atoms with E-state index in [0.29, 0.717) is 24.2 Å². The number of likely N-dealkylation sites (N-methyl/N-ethyl adjacent to an activating group) is 1. The maximum Gasteiger partial charge on any atom is 0.324 e. The number of hydrogen-bond acceptors (Lipinski definition) is 6. The zero-order valence-electron chi connectivity index (χ0n) is 19.9. The van der Waals surface area contributed by atoms with Crippen LogP contribution in [0.1, 0.15) is 65.2 Å². The van der Waals surface area contributed by atoms with Gasteiger partial charge in [-0.3, -0.25) is 14.5 Å². The van der Waals surface area contributed by atoms with E-state index in [9.17, 15) is 14.9 Å². The predicted molar refractivity (Wildman–Crippen MR) is 119 cm³/mol. The molecule has 0 spiro atoms. The van der Waals surface area contributed by atoms with Crippen LogP contribution < -0.4 is 5.73 Å². The molecule has 7 heteroatoms. The van der Waals surface area contributed by atoms with Crippen molar-refractivity contribution in [1.82, 2.24) is 9.80 Å². The molecule has 0 aromatic carbocycles. The van der Waals surface area contributed by atoms with E-state index in [-0.39, 0.29) is 41.3 Å². The molecule has 0 aromatic heterocycles. The minimum Gasteiger partial charge on any atom is -0.458 e. The summed E-state index contributed by atoms with van der Waals surface area (Å²) in [6, 6.07) is 1.32. The van der Waals surface area contributed by atoms with Gasteiger partial charge in [0.05, 0.1) is 12.1 Å². The van der Waals surface area contributed by atoms with Gasteiger partial charge in [0.15, 0.2) is 0 Å². The van der Waals surface area contributed by atoms with Crippen LogP contribution in [-0.2, 0) is 14.3 Å². The van der Waals surface area contributed by atoms with Crippen molar-refractivity contribution in [2.75, 3.05) is 14.1 Å². The van der Waals surface area contributed by atoms with Crippen molar-refractivity contribution >= 4 is 11.9 Å². The van der Waals surface area contributed by atoms with Gasteiger partial charge >= 0.3 is 5.97 Å². The van der Waals surface area contributed by atoms with Crippen molar-refractivity contribution in [3.63, 3.8) is 0 Å². The van der Waals surface area contributed by atoms with Gasteiger partial charge in [-0.05, 0) is 94.5 Å². The molecular weight excluding hydrogens is 404 g/mol. The van der Waals surface area contributed by atoms with Crippen molar-refractivity contribution in [2.24, 2.45) is 34.8 Å². The smallest absolute Gasteiger partial charge is 0.324 e. The summed E-state index contributed by atoms with van der Waals surface area (Å²) in [4.78, 5) is 30.6. The first kappa shape index (κ1) is 22.2. The molecule has 9 atom stereocenters. The topological polar surface area (TPSA) is 99.7 Å². The van der Waals surface area contributed by atoms with Crippen LogP contribution in [0.3, 0.4) is 0 Å². The van der Waals surface area contributed by atoms with Gasteiger partial charge in [-0.25, -0.2) is 0 Å². The third kappa shape index (κ3) is 3.37. The van der Waals surface area contributed by atoms with Crippen LogP contribution in [0.15, 0.2) is 0 Å². The van der Waals surface area contributed by atoms with Crippen molar-refractivity contribution in [3.8, 4) is 6.07 Å². The Bertz CT molecular complexity index is 827. The van der Waals surface area contributed by atoms with E-state index >= 15 is 0 Å². The Morgan fingerprint density at radius 1 is 1.12 bits per heavy atom. The van der Waals surface area contributed by atoms with Gasteiger partial charge in [0, 0.05) is 6.04 Å². The Hall–Kier alpha value is -1.65. The van der Waals surface area contributed by atoms with Gasteiger partial charge < -0.3 is 15.4 Å². The van der Waals surface area contributed by atoms with E-state index in [0.717, 1.165) is 44.9 Å². The van der Waals surface area contributed by atoms with E-state index in [1.807, 2.05) is 23.9 Å². The second kappa shape index (κ2) is 7.43. The highest BCUT2D eigenvalue weighted by molar-refractivity contribution is 5.84. The predicted octanol–water partition coefficient (Wildman–Crippen LogP) is 2.30. The highest BCUT2D eigenvalue weighted by Crippen LogP contribution is 2.64. The van der Waals surface area contributed by atoms with E-state index in [1.165, 1.54) is 0 Å². The molecule has 32 heavy (non-hydrogen) atoms. The number of piperidine rings is 1. The lowest BCUT2D eigenvalue weighted by atomic mass is 9.46. The lowest BCUT2D eigenvalue weighted by molar-refractivity contribution is -0.210. The van der Waals surface area contributed by atoms with Crippen LogP contribution in [-0.4, -0.2) is 65.5 Å². The van der Waals surface area contributed by atoms with Crippen molar-refractivity contribution < 1.29 is 14.3 Å². The minimum atomic E-state index is -0.614. The fourth-order valence-electron chi connectivity index (χ4n) is 8.40. The second-order valence-electron chi connectivity index (χ2n) is 12.2. The van der Waals surface area contributed by atoms with Crippen LogP contribution in [0.25, 0.3) is 0 Å². The summed E-state index contributed by atoms with van der Waals surface area (Å²) in [5, 5.41) is 9.58. The quantitative estimate of drug-likeness (QED) is 0.634. The number of amides is 1. The molecular formula is C25H38N4O3. The number of likely N-dealkylation sites (tertiary alicyclic amines) is 1. The third-order valence-corrected chi connectivity index (χ3v) is 9.23. The van der Waals surface area contributed by atoms with Crippen LogP contribution in [0.2, 0.25) is 0 Å². The molecule has 0 aromatic rings. The molecule has 6 aliphatic rings. The number of esters is 1. The Balaban J connectivity index is 1.38. The number of fused-ring (bicyclic) bond motifs is 1. The van der Waals surface area contributed by atoms with E-state index in [2.05, 4.69) is 19.9 Å². The van der Waals surface area contributed by atoms with Gasteiger partial charge in [-0.1, -0.05) is 13.8 Å². The highest BCUT2D eigenvalue weighted by Gasteiger charge is 2.64. The van der Waals surface area contributed by atoms with Crippen molar-refractivity contribution in [2.45, 2.75) is 95.0 Å². The molecule has 6 fully saturated rings. The normalized spacial score (nSPS) is 43.2. The van der Waals surface area contributed by atoms with Gasteiger partial charge in [0.1, 0.15) is 17.7 Å². The maximum absolute atomic E-state index is 13.6. The Kier molecular flexibility index (Phi) is 5.14. The largest absolute Gasteiger partial charge is 0.458 e. The number of hydrogen-bond donors (Lipinski definition) is 1. The fraction of sp³-hybridized carbons (Fsp3) is 0.880.